The Hall–Kier alpha value is -0.980. The van der Waals surface area contributed by atoms with Gasteiger partial charge in [0.05, 0.1) is 0 Å². The molecule has 0 unspecified atom stereocenters. The number of nitrogens with one attached hydrogen (secondary N) is 1. The van der Waals surface area contributed by atoms with Gasteiger partial charge in [0.1, 0.15) is 0 Å². The fraction of sp³-hybridized carbons (Fsp3) is 0.571. The van der Waals surface area contributed by atoms with E-state index in [0.29, 0.717) is 12.0 Å². The van der Waals surface area contributed by atoms with Crippen LogP contribution in [0.25, 0.3) is 0 Å². The second kappa shape index (κ2) is 4.26. The third kappa shape index (κ3) is 2.53. The Morgan fingerprint density at radius 3 is 2.20 bits per heavy atom. The minimum absolute atomic E-state index is 0.628. The predicted octanol–water partition coefficient (Wildman–Crippen LogP) is 4.02. The van der Waals surface area contributed by atoms with Gasteiger partial charge in [-0.15, -0.1) is 0 Å². The third-order valence-corrected chi connectivity index (χ3v) is 3.32. The Bertz CT molecular complexity index is 307. The first-order valence-corrected chi connectivity index (χ1v) is 6.01. The van der Waals surface area contributed by atoms with Gasteiger partial charge in [-0.2, -0.15) is 0 Å². The van der Waals surface area contributed by atoms with E-state index in [1.165, 1.54) is 24.1 Å². The SMILES string of the molecule is CC1CC(Nc2ccc(C(C)C)cc2)C1. The predicted molar refractivity (Wildman–Crippen MR) is 66.3 cm³/mol. The molecular weight excluding hydrogens is 182 g/mol. The van der Waals surface area contributed by atoms with Crippen LogP contribution in [0, 0.1) is 5.92 Å². The largest absolute Gasteiger partial charge is 0.382 e. The molecule has 2 rings (SSSR count). The maximum atomic E-state index is 3.57. The highest BCUT2D eigenvalue weighted by Gasteiger charge is 2.24. The molecule has 15 heavy (non-hydrogen) atoms. The van der Waals surface area contributed by atoms with Crippen molar-refractivity contribution in [1.82, 2.24) is 0 Å². The van der Waals surface area contributed by atoms with E-state index in [1.807, 2.05) is 0 Å². The summed E-state index contributed by atoms with van der Waals surface area (Å²) >= 11 is 0. The van der Waals surface area contributed by atoms with E-state index in [-0.39, 0.29) is 0 Å². The molecule has 1 aliphatic carbocycles. The van der Waals surface area contributed by atoms with Crippen LogP contribution >= 0.6 is 0 Å². The zero-order chi connectivity index (χ0) is 10.8. The highest BCUT2D eigenvalue weighted by molar-refractivity contribution is 5.46. The van der Waals surface area contributed by atoms with Crippen LogP contribution in [-0.4, -0.2) is 6.04 Å². The van der Waals surface area contributed by atoms with Gasteiger partial charge < -0.3 is 5.32 Å². The topological polar surface area (TPSA) is 12.0 Å². The first kappa shape index (κ1) is 10.5. The summed E-state index contributed by atoms with van der Waals surface area (Å²) < 4.78 is 0. The van der Waals surface area contributed by atoms with Crippen molar-refractivity contribution in [3.8, 4) is 0 Å². The maximum Gasteiger partial charge on any atom is 0.0342 e. The van der Waals surface area contributed by atoms with E-state index in [2.05, 4.69) is 50.4 Å². The van der Waals surface area contributed by atoms with Gasteiger partial charge in [-0.1, -0.05) is 32.9 Å². The quantitative estimate of drug-likeness (QED) is 0.782. The number of anilines is 1. The summed E-state index contributed by atoms with van der Waals surface area (Å²) in [4.78, 5) is 0. The summed E-state index contributed by atoms with van der Waals surface area (Å²) in [6.07, 6.45) is 2.65. The second-order valence-electron chi connectivity index (χ2n) is 5.19. The summed E-state index contributed by atoms with van der Waals surface area (Å²) in [5.41, 5.74) is 2.69. The third-order valence-electron chi connectivity index (χ3n) is 3.32. The van der Waals surface area contributed by atoms with Gasteiger partial charge in [0.15, 0.2) is 0 Å². The Labute approximate surface area is 92.9 Å². The summed E-state index contributed by atoms with van der Waals surface area (Å²) in [5.74, 6) is 1.54. The maximum absolute atomic E-state index is 3.57. The molecule has 1 saturated carbocycles. The van der Waals surface area contributed by atoms with Crippen LogP contribution < -0.4 is 5.32 Å². The molecule has 1 N–H and O–H groups in total. The van der Waals surface area contributed by atoms with Gasteiger partial charge >= 0.3 is 0 Å². The molecule has 1 aliphatic rings. The molecule has 0 aliphatic heterocycles. The molecule has 0 amide bonds. The Kier molecular flexibility index (Phi) is 2.99. The smallest absolute Gasteiger partial charge is 0.0342 e. The summed E-state index contributed by atoms with van der Waals surface area (Å²) in [7, 11) is 0. The standard InChI is InChI=1S/C14H21N/c1-10(2)12-4-6-13(7-5-12)15-14-8-11(3)9-14/h4-7,10-11,14-15H,8-9H2,1-3H3. The average molecular weight is 203 g/mol. The van der Waals surface area contributed by atoms with E-state index in [0.717, 1.165) is 5.92 Å². The molecule has 1 heteroatoms. The second-order valence-corrected chi connectivity index (χ2v) is 5.19. The number of hydrogen-bond acceptors (Lipinski definition) is 1. The minimum Gasteiger partial charge on any atom is -0.382 e. The molecule has 0 heterocycles. The van der Waals surface area contributed by atoms with Gasteiger partial charge in [-0.25, -0.2) is 0 Å². The molecule has 0 atom stereocenters. The zero-order valence-electron chi connectivity index (χ0n) is 9.96. The van der Waals surface area contributed by atoms with Gasteiger partial charge in [0.2, 0.25) is 0 Å². The van der Waals surface area contributed by atoms with Crippen molar-refractivity contribution in [3.63, 3.8) is 0 Å². The van der Waals surface area contributed by atoms with Crippen LogP contribution in [0.15, 0.2) is 24.3 Å². The first-order valence-electron chi connectivity index (χ1n) is 6.01. The molecule has 1 nitrogen and oxygen atoms in total. The molecule has 82 valence electrons. The number of hydrogen-bond donors (Lipinski definition) is 1. The highest BCUT2D eigenvalue weighted by Crippen LogP contribution is 2.29. The van der Waals surface area contributed by atoms with E-state index >= 15 is 0 Å². The Morgan fingerprint density at radius 1 is 1.13 bits per heavy atom. The summed E-state index contributed by atoms with van der Waals surface area (Å²) in [6.45, 7) is 6.78. The van der Waals surface area contributed by atoms with Gasteiger partial charge in [-0.3, -0.25) is 0 Å². The molecule has 0 radical (unpaired) electrons. The monoisotopic (exact) mass is 203 g/mol. The van der Waals surface area contributed by atoms with Crippen molar-refractivity contribution >= 4 is 5.69 Å². The van der Waals surface area contributed by atoms with Crippen molar-refractivity contribution in [2.24, 2.45) is 5.92 Å². The lowest BCUT2D eigenvalue weighted by Gasteiger charge is -2.34. The Morgan fingerprint density at radius 2 is 1.73 bits per heavy atom. The van der Waals surface area contributed by atoms with Crippen LogP contribution in [0.5, 0.6) is 0 Å². The normalized spacial score (nSPS) is 25.1. The average Bonchev–Trinajstić information content (AvgIpc) is 2.16. The van der Waals surface area contributed by atoms with Crippen LogP contribution in [0.4, 0.5) is 5.69 Å². The van der Waals surface area contributed by atoms with Crippen molar-refractivity contribution in [2.45, 2.75) is 45.6 Å². The van der Waals surface area contributed by atoms with Crippen molar-refractivity contribution in [2.75, 3.05) is 5.32 Å². The van der Waals surface area contributed by atoms with Crippen LogP contribution in [-0.2, 0) is 0 Å². The Balaban J connectivity index is 1.92. The molecule has 0 bridgehead atoms. The van der Waals surface area contributed by atoms with Gasteiger partial charge in [0, 0.05) is 11.7 Å². The molecule has 1 aromatic rings. The summed E-state index contributed by atoms with van der Waals surface area (Å²) in [6, 6.07) is 9.59. The van der Waals surface area contributed by atoms with Gasteiger partial charge in [-0.05, 0) is 42.4 Å². The molecule has 0 spiro atoms. The highest BCUT2D eigenvalue weighted by atomic mass is 14.9. The molecule has 0 aromatic heterocycles. The first-order chi connectivity index (χ1) is 7.15. The fourth-order valence-corrected chi connectivity index (χ4v) is 2.22. The van der Waals surface area contributed by atoms with E-state index < -0.39 is 0 Å². The lowest BCUT2D eigenvalue weighted by Crippen LogP contribution is -2.33. The lowest BCUT2D eigenvalue weighted by molar-refractivity contribution is 0.309. The van der Waals surface area contributed by atoms with Crippen molar-refractivity contribution < 1.29 is 0 Å². The van der Waals surface area contributed by atoms with Crippen molar-refractivity contribution in [1.29, 1.82) is 0 Å². The molecule has 1 aromatic carbocycles. The van der Waals surface area contributed by atoms with Crippen LogP contribution in [0.3, 0.4) is 0 Å². The number of benzene rings is 1. The van der Waals surface area contributed by atoms with Gasteiger partial charge in [0.25, 0.3) is 0 Å². The van der Waals surface area contributed by atoms with E-state index in [4.69, 9.17) is 0 Å². The van der Waals surface area contributed by atoms with Crippen LogP contribution in [0.1, 0.15) is 45.1 Å². The fourth-order valence-electron chi connectivity index (χ4n) is 2.22. The number of rotatable bonds is 3. The minimum atomic E-state index is 0.628. The van der Waals surface area contributed by atoms with E-state index in [1.54, 1.807) is 0 Å². The molecular formula is C14H21N. The molecule has 0 saturated heterocycles. The zero-order valence-corrected chi connectivity index (χ0v) is 9.96. The lowest BCUT2D eigenvalue weighted by atomic mass is 9.82. The van der Waals surface area contributed by atoms with E-state index in [9.17, 15) is 0 Å². The molecule has 1 fully saturated rings. The van der Waals surface area contributed by atoms with Crippen molar-refractivity contribution in [3.05, 3.63) is 29.8 Å². The summed E-state index contributed by atoms with van der Waals surface area (Å²) in [5, 5.41) is 3.57. The van der Waals surface area contributed by atoms with Crippen LogP contribution in [0.2, 0.25) is 0 Å².